The highest BCUT2D eigenvalue weighted by molar-refractivity contribution is 6.05. The number of amides is 2. The molecule has 0 unspecified atom stereocenters. The lowest BCUT2D eigenvalue weighted by atomic mass is 9.97. The molecule has 2 amide bonds. The molecule has 1 aromatic heterocycles. The van der Waals surface area contributed by atoms with Gasteiger partial charge in [0, 0.05) is 17.7 Å². The van der Waals surface area contributed by atoms with Crippen LogP contribution in [-0.4, -0.2) is 23.3 Å². The first-order valence-electron chi connectivity index (χ1n) is 7.66. The molecule has 6 nitrogen and oxygen atoms in total. The second kappa shape index (κ2) is 8.48. The van der Waals surface area contributed by atoms with Crippen LogP contribution in [0.4, 0.5) is 11.5 Å². The smallest absolute Gasteiger partial charge is 0.255 e. The first-order chi connectivity index (χ1) is 11.2. The van der Waals surface area contributed by atoms with Gasteiger partial charge in [-0.3, -0.25) is 9.59 Å². The van der Waals surface area contributed by atoms with E-state index in [1.54, 1.807) is 36.4 Å². The van der Waals surface area contributed by atoms with Gasteiger partial charge >= 0.3 is 0 Å². The van der Waals surface area contributed by atoms with E-state index in [1.165, 1.54) is 6.20 Å². The van der Waals surface area contributed by atoms with Gasteiger partial charge in [0.25, 0.3) is 11.8 Å². The molecular formula is C18H23ClN4O2. The maximum absolute atomic E-state index is 12.2. The minimum atomic E-state index is -0.275. The molecule has 2 aromatic rings. The summed E-state index contributed by atoms with van der Waals surface area (Å²) in [6.07, 6.45) is 1.49. The largest absolute Gasteiger partial charge is 0.384 e. The number of halogens is 1. The van der Waals surface area contributed by atoms with Gasteiger partial charge in [0.05, 0.1) is 11.9 Å². The van der Waals surface area contributed by atoms with Gasteiger partial charge in [-0.2, -0.15) is 0 Å². The number of rotatable bonds is 4. The Morgan fingerprint density at radius 2 is 1.56 bits per heavy atom. The fraction of sp³-hybridized carbons (Fsp3) is 0.278. The number of anilines is 2. The van der Waals surface area contributed by atoms with E-state index >= 15 is 0 Å². The van der Waals surface area contributed by atoms with Gasteiger partial charge in [-0.05, 0) is 41.8 Å². The van der Waals surface area contributed by atoms with E-state index in [1.807, 2.05) is 20.8 Å². The lowest BCUT2D eigenvalue weighted by Crippen LogP contribution is -2.32. The lowest BCUT2D eigenvalue weighted by molar-refractivity contribution is 0.0938. The Bertz CT molecular complexity index is 722. The fourth-order valence-corrected chi connectivity index (χ4v) is 1.90. The molecule has 0 aliphatic heterocycles. The number of nitrogen functional groups attached to an aromatic ring is 1. The number of hydrogen-bond acceptors (Lipinski definition) is 4. The highest BCUT2D eigenvalue weighted by Gasteiger charge is 2.13. The van der Waals surface area contributed by atoms with Gasteiger partial charge < -0.3 is 16.4 Å². The number of nitrogens with one attached hydrogen (secondary N) is 2. The molecule has 0 radical (unpaired) electrons. The molecule has 134 valence electrons. The zero-order valence-electron chi connectivity index (χ0n) is 14.5. The topological polar surface area (TPSA) is 97.1 Å². The summed E-state index contributed by atoms with van der Waals surface area (Å²) in [4.78, 5) is 28.1. The van der Waals surface area contributed by atoms with Crippen LogP contribution in [0.5, 0.6) is 0 Å². The summed E-state index contributed by atoms with van der Waals surface area (Å²) in [6.45, 7) is 6.73. The Morgan fingerprint density at radius 1 is 1.00 bits per heavy atom. The molecule has 0 saturated carbocycles. The predicted octanol–water partition coefficient (Wildman–Crippen LogP) is 3.11. The highest BCUT2D eigenvalue weighted by Crippen LogP contribution is 2.13. The molecule has 0 fully saturated rings. The third-order valence-corrected chi connectivity index (χ3v) is 3.23. The quantitative estimate of drug-likeness (QED) is 0.778. The van der Waals surface area contributed by atoms with Gasteiger partial charge in [-0.15, -0.1) is 12.4 Å². The highest BCUT2D eigenvalue weighted by atomic mass is 35.5. The number of nitrogens with zero attached hydrogens (tertiary/aromatic N) is 1. The van der Waals surface area contributed by atoms with Gasteiger partial charge in [-0.1, -0.05) is 20.8 Å². The van der Waals surface area contributed by atoms with Gasteiger partial charge in [0.2, 0.25) is 0 Å². The molecule has 0 spiro atoms. The Kier molecular flexibility index (Phi) is 6.94. The summed E-state index contributed by atoms with van der Waals surface area (Å²) in [5.74, 6) is -0.0403. The van der Waals surface area contributed by atoms with Crippen molar-refractivity contribution < 1.29 is 9.59 Å². The Labute approximate surface area is 153 Å². The van der Waals surface area contributed by atoms with Crippen molar-refractivity contribution in [1.29, 1.82) is 0 Å². The number of nitrogens with two attached hydrogens (primary N) is 1. The molecule has 7 heteroatoms. The summed E-state index contributed by atoms with van der Waals surface area (Å²) in [7, 11) is 0. The number of pyridine rings is 1. The predicted molar refractivity (Wildman–Crippen MR) is 102 cm³/mol. The van der Waals surface area contributed by atoms with Crippen molar-refractivity contribution in [2.45, 2.75) is 20.8 Å². The number of benzene rings is 1. The Morgan fingerprint density at radius 3 is 2.04 bits per heavy atom. The Balaban J connectivity index is 0.00000312. The van der Waals surface area contributed by atoms with Crippen molar-refractivity contribution in [3.8, 4) is 0 Å². The number of hydrogen-bond donors (Lipinski definition) is 3. The standard InChI is InChI=1S/C18H22N4O2.ClH/c1-18(2,3)11-21-16(23)12-4-6-13(7-5-12)17(24)22-14-8-9-15(19)20-10-14;/h4-10H,11H2,1-3H3,(H2,19,20)(H,21,23)(H,22,24);1H. The van der Waals surface area contributed by atoms with Crippen molar-refractivity contribution in [3.63, 3.8) is 0 Å². The van der Waals surface area contributed by atoms with E-state index < -0.39 is 0 Å². The van der Waals surface area contributed by atoms with Crippen LogP contribution in [-0.2, 0) is 0 Å². The first kappa shape index (κ1) is 20.4. The van der Waals surface area contributed by atoms with Crippen LogP contribution in [0, 0.1) is 5.41 Å². The van der Waals surface area contributed by atoms with E-state index in [0.29, 0.717) is 29.2 Å². The van der Waals surface area contributed by atoms with Crippen molar-refractivity contribution in [2.75, 3.05) is 17.6 Å². The summed E-state index contributed by atoms with van der Waals surface area (Å²) < 4.78 is 0. The number of carbonyl (C=O) groups is 2. The van der Waals surface area contributed by atoms with E-state index in [0.717, 1.165) is 0 Å². The molecule has 25 heavy (non-hydrogen) atoms. The van der Waals surface area contributed by atoms with Crippen LogP contribution in [0.3, 0.4) is 0 Å². The van der Waals surface area contributed by atoms with Gasteiger partial charge in [-0.25, -0.2) is 4.98 Å². The number of aromatic nitrogens is 1. The third-order valence-electron chi connectivity index (χ3n) is 3.23. The molecular weight excluding hydrogens is 340 g/mol. The second-order valence-corrected chi connectivity index (χ2v) is 6.75. The number of carbonyl (C=O) groups excluding carboxylic acids is 2. The SMILES string of the molecule is CC(C)(C)CNC(=O)c1ccc(C(=O)Nc2ccc(N)nc2)cc1.Cl. The molecule has 2 rings (SSSR count). The molecule has 4 N–H and O–H groups in total. The van der Waals surface area contributed by atoms with Gasteiger partial charge in [0.15, 0.2) is 0 Å². The van der Waals surface area contributed by atoms with Crippen LogP contribution in [0.1, 0.15) is 41.5 Å². The third kappa shape index (κ3) is 6.43. The van der Waals surface area contributed by atoms with Crippen molar-refractivity contribution in [2.24, 2.45) is 5.41 Å². The summed E-state index contributed by atoms with van der Waals surface area (Å²) in [5.41, 5.74) is 7.05. The maximum atomic E-state index is 12.2. The van der Waals surface area contributed by atoms with Crippen LogP contribution < -0.4 is 16.4 Å². The van der Waals surface area contributed by atoms with Crippen LogP contribution in [0.25, 0.3) is 0 Å². The average Bonchev–Trinajstić information content (AvgIpc) is 2.54. The van der Waals surface area contributed by atoms with E-state index in [-0.39, 0.29) is 29.6 Å². The van der Waals surface area contributed by atoms with Crippen LogP contribution in [0.15, 0.2) is 42.6 Å². The maximum Gasteiger partial charge on any atom is 0.255 e. The molecule has 0 aliphatic carbocycles. The van der Waals surface area contributed by atoms with Crippen LogP contribution in [0.2, 0.25) is 0 Å². The van der Waals surface area contributed by atoms with Gasteiger partial charge in [0.1, 0.15) is 5.82 Å². The lowest BCUT2D eigenvalue weighted by Gasteiger charge is -2.18. The molecule has 1 aromatic carbocycles. The second-order valence-electron chi connectivity index (χ2n) is 6.75. The van der Waals surface area contributed by atoms with E-state index in [2.05, 4.69) is 15.6 Å². The molecule has 0 saturated heterocycles. The van der Waals surface area contributed by atoms with Crippen molar-refractivity contribution in [1.82, 2.24) is 10.3 Å². The minimum Gasteiger partial charge on any atom is -0.384 e. The van der Waals surface area contributed by atoms with Crippen molar-refractivity contribution in [3.05, 3.63) is 53.7 Å². The summed E-state index contributed by atoms with van der Waals surface area (Å²) in [5, 5.41) is 5.59. The zero-order valence-corrected chi connectivity index (χ0v) is 15.3. The molecule has 0 bridgehead atoms. The fourth-order valence-electron chi connectivity index (χ4n) is 1.90. The summed E-state index contributed by atoms with van der Waals surface area (Å²) in [6, 6.07) is 9.78. The van der Waals surface area contributed by atoms with Crippen LogP contribution >= 0.6 is 12.4 Å². The monoisotopic (exact) mass is 362 g/mol. The van der Waals surface area contributed by atoms with E-state index in [4.69, 9.17) is 5.73 Å². The summed E-state index contributed by atoms with van der Waals surface area (Å²) >= 11 is 0. The molecule has 1 heterocycles. The average molecular weight is 363 g/mol. The normalized spacial score (nSPS) is 10.5. The zero-order chi connectivity index (χ0) is 17.7. The first-order valence-corrected chi connectivity index (χ1v) is 7.66. The van der Waals surface area contributed by atoms with Crippen molar-refractivity contribution >= 4 is 35.7 Å². The minimum absolute atomic E-state index is 0. The molecule has 0 atom stereocenters. The van der Waals surface area contributed by atoms with E-state index in [9.17, 15) is 9.59 Å². The Hall–Kier alpha value is -2.60. The molecule has 0 aliphatic rings.